The Labute approximate surface area is 220 Å². The number of urea groups is 1. The normalized spacial score (nSPS) is 15.3. The fourth-order valence-corrected chi connectivity index (χ4v) is 4.98. The second-order valence-corrected chi connectivity index (χ2v) is 9.37. The fraction of sp³-hybridized carbons (Fsp3) is 0.241. The maximum atomic E-state index is 13.7. The van der Waals surface area contributed by atoms with Crippen molar-refractivity contribution in [3.63, 3.8) is 0 Å². The Balaban J connectivity index is 1.43. The molecule has 0 aliphatic carbocycles. The van der Waals surface area contributed by atoms with E-state index in [4.69, 9.17) is 4.98 Å². The van der Waals surface area contributed by atoms with Crippen LogP contribution < -0.4 is 10.2 Å². The van der Waals surface area contributed by atoms with Gasteiger partial charge in [-0.15, -0.1) is 0 Å². The van der Waals surface area contributed by atoms with E-state index in [2.05, 4.69) is 22.0 Å². The summed E-state index contributed by atoms with van der Waals surface area (Å²) in [5, 5.41) is 12.5. The molecule has 194 valence electrons. The van der Waals surface area contributed by atoms with Gasteiger partial charge in [0, 0.05) is 20.1 Å². The van der Waals surface area contributed by atoms with Crippen molar-refractivity contribution in [3.05, 3.63) is 95.8 Å². The SMILES string of the molecule is CN1Cc2ccccc2N(C(=O)NCc2nc3ccccc3n2CCc2ccccc2)[C@@H](CC(=O)O)C1=O. The van der Waals surface area contributed by atoms with Crippen LogP contribution in [0.2, 0.25) is 0 Å². The highest BCUT2D eigenvalue weighted by atomic mass is 16.4. The van der Waals surface area contributed by atoms with Gasteiger partial charge in [0.15, 0.2) is 0 Å². The zero-order chi connectivity index (χ0) is 26.6. The molecule has 9 heteroatoms. The Morgan fingerprint density at radius 3 is 2.50 bits per heavy atom. The van der Waals surface area contributed by atoms with Gasteiger partial charge in [0.05, 0.1) is 29.7 Å². The molecule has 0 bridgehead atoms. The molecule has 3 aromatic carbocycles. The first-order chi connectivity index (χ1) is 18.4. The quantitative estimate of drug-likeness (QED) is 0.392. The first-order valence-electron chi connectivity index (χ1n) is 12.5. The number of aryl methyl sites for hydroxylation is 2. The highest BCUT2D eigenvalue weighted by molar-refractivity contribution is 6.02. The number of rotatable bonds is 7. The number of likely N-dealkylation sites (N-methyl/N-ethyl adjacent to an activating group) is 1. The zero-order valence-corrected chi connectivity index (χ0v) is 21.1. The van der Waals surface area contributed by atoms with Gasteiger partial charge in [-0.05, 0) is 35.7 Å². The zero-order valence-electron chi connectivity index (χ0n) is 21.1. The summed E-state index contributed by atoms with van der Waals surface area (Å²) in [7, 11) is 1.62. The van der Waals surface area contributed by atoms with Gasteiger partial charge < -0.3 is 19.9 Å². The number of nitrogens with zero attached hydrogens (tertiary/aromatic N) is 4. The Bertz CT molecular complexity index is 1480. The third kappa shape index (κ3) is 5.08. The number of amides is 3. The molecule has 1 aliphatic heterocycles. The van der Waals surface area contributed by atoms with E-state index < -0.39 is 30.4 Å². The molecule has 38 heavy (non-hydrogen) atoms. The van der Waals surface area contributed by atoms with Crippen LogP contribution in [-0.2, 0) is 35.6 Å². The molecule has 2 N–H and O–H groups in total. The first-order valence-corrected chi connectivity index (χ1v) is 12.5. The monoisotopic (exact) mass is 511 g/mol. The second-order valence-electron chi connectivity index (χ2n) is 9.37. The van der Waals surface area contributed by atoms with E-state index in [1.807, 2.05) is 54.6 Å². The molecule has 0 spiro atoms. The lowest BCUT2D eigenvalue weighted by atomic mass is 10.1. The molecule has 1 aliphatic rings. The number of para-hydroxylation sites is 3. The van der Waals surface area contributed by atoms with E-state index in [1.165, 1.54) is 15.4 Å². The molecule has 0 saturated carbocycles. The van der Waals surface area contributed by atoms with Crippen molar-refractivity contribution in [2.75, 3.05) is 11.9 Å². The predicted octanol–water partition coefficient (Wildman–Crippen LogP) is 3.81. The number of carboxylic acid groups (broad SMARTS) is 1. The molecular formula is C29H29N5O4. The molecule has 0 unspecified atom stereocenters. The minimum atomic E-state index is -1.17. The highest BCUT2D eigenvalue weighted by Gasteiger charge is 2.38. The number of benzene rings is 3. The van der Waals surface area contributed by atoms with E-state index in [0.29, 0.717) is 18.1 Å². The van der Waals surface area contributed by atoms with Crippen LogP contribution in [0, 0.1) is 0 Å². The summed E-state index contributed by atoms with van der Waals surface area (Å²) in [6, 6.07) is 23.4. The molecular weight excluding hydrogens is 482 g/mol. The summed E-state index contributed by atoms with van der Waals surface area (Å²) >= 11 is 0. The van der Waals surface area contributed by atoms with Crippen molar-refractivity contribution >= 4 is 34.6 Å². The minimum absolute atomic E-state index is 0.116. The summed E-state index contributed by atoms with van der Waals surface area (Å²) in [6.07, 6.45) is 0.295. The number of carbonyl (C=O) groups is 3. The lowest BCUT2D eigenvalue weighted by molar-refractivity contribution is -0.141. The first kappa shape index (κ1) is 25.0. The Morgan fingerprint density at radius 1 is 1.00 bits per heavy atom. The maximum Gasteiger partial charge on any atom is 0.323 e. The van der Waals surface area contributed by atoms with Crippen LogP contribution in [0.25, 0.3) is 11.0 Å². The molecule has 1 atom stereocenters. The van der Waals surface area contributed by atoms with E-state index in [-0.39, 0.29) is 13.1 Å². The van der Waals surface area contributed by atoms with Crippen LogP contribution in [0.3, 0.4) is 0 Å². The van der Waals surface area contributed by atoms with Crippen LogP contribution in [-0.4, -0.2) is 50.6 Å². The average Bonchev–Trinajstić information content (AvgIpc) is 3.23. The lowest BCUT2D eigenvalue weighted by Crippen LogP contribution is -2.52. The van der Waals surface area contributed by atoms with Crippen molar-refractivity contribution in [1.82, 2.24) is 19.8 Å². The molecule has 9 nitrogen and oxygen atoms in total. The molecule has 0 radical (unpaired) electrons. The van der Waals surface area contributed by atoms with Crippen molar-refractivity contribution in [2.45, 2.75) is 38.5 Å². The number of fused-ring (bicyclic) bond motifs is 2. The summed E-state index contributed by atoms with van der Waals surface area (Å²) in [4.78, 5) is 46.0. The van der Waals surface area contributed by atoms with Crippen molar-refractivity contribution in [1.29, 1.82) is 0 Å². The van der Waals surface area contributed by atoms with Gasteiger partial charge in [-0.2, -0.15) is 0 Å². The molecule has 0 fully saturated rings. The van der Waals surface area contributed by atoms with Gasteiger partial charge in [0.2, 0.25) is 5.91 Å². The number of anilines is 1. The molecule has 0 saturated heterocycles. The number of aliphatic carboxylic acids is 1. The Hall–Kier alpha value is -4.66. The molecule has 3 amide bonds. The summed E-state index contributed by atoms with van der Waals surface area (Å²) in [6.45, 7) is 1.07. The number of carboxylic acids is 1. The third-order valence-corrected chi connectivity index (χ3v) is 6.82. The maximum absolute atomic E-state index is 13.7. The Kier molecular flexibility index (Phi) is 7.08. The number of imidazole rings is 1. The van der Waals surface area contributed by atoms with Crippen LogP contribution in [0.15, 0.2) is 78.9 Å². The van der Waals surface area contributed by atoms with Crippen LogP contribution in [0.4, 0.5) is 10.5 Å². The van der Waals surface area contributed by atoms with Crippen LogP contribution >= 0.6 is 0 Å². The molecule has 1 aromatic heterocycles. The van der Waals surface area contributed by atoms with Gasteiger partial charge in [-0.25, -0.2) is 9.78 Å². The molecule has 2 heterocycles. The van der Waals surface area contributed by atoms with E-state index in [9.17, 15) is 19.5 Å². The van der Waals surface area contributed by atoms with E-state index >= 15 is 0 Å². The van der Waals surface area contributed by atoms with E-state index in [1.54, 1.807) is 19.2 Å². The number of aromatic nitrogens is 2. The van der Waals surface area contributed by atoms with Gasteiger partial charge >= 0.3 is 12.0 Å². The Morgan fingerprint density at radius 2 is 1.71 bits per heavy atom. The predicted molar refractivity (Wildman–Crippen MR) is 144 cm³/mol. The van der Waals surface area contributed by atoms with Gasteiger partial charge in [0.25, 0.3) is 0 Å². The number of nitrogens with one attached hydrogen (secondary N) is 1. The summed E-state index contributed by atoms with van der Waals surface area (Å²) < 4.78 is 2.09. The topological polar surface area (TPSA) is 108 Å². The van der Waals surface area contributed by atoms with Crippen LogP contribution in [0.1, 0.15) is 23.4 Å². The summed E-state index contributed by atoms with van der Waals surface area (Å²) in [5.41, 5.74) is 4.27. The van der Waals surface area contributed by atoms with Gasteiger partial charge in [0.1, 0.15) is 11.9 Å². The van der Waals surface area contributed by atoms with Gasteiger partial charge in [-0.1, -0.05) is 60.7 Å². The smallest absolute Gasteiger partial charge is 0.323 e. The third-order valence-electron chi connectivity index (χ3n) is 6.82. The lowest BCUT2D eigenvalue weighted by Gasteiger charge is -2.29. The number of hydrogen-bond acceptors (Lipinski definition) is 4. The second kappa shape index (κ2) is 10.8. The number of carbonyl (C=O) groups excluding carboxylic acids is 2. The van der Waals surface area contributed by atoms with Gasteiger partial charge in [-0.3, -0.25) is 14.5 Å². The highest BCUT2D eigenvalue weighted by Crippen LogP contribution is 2.29. The fourth-order valence-electron chi connectivity index (χ4n) is 4.98. The standard InChI is InChI=1S/C29H29N5O4/c1-32-19-21-11-5-7-13-23(21)34(25(28(32)37)17-27(35)36)29(38)30-18-26-31-22-12-6-8-14-24(22)33(26)16-15-20-9-3-2-4-10-20/h2-14,25H,15-19H2,1H3,(H,30,38)(H,35,36)/t25-/m0/s1. The number of hydrogen-bond donors (Lipinski definition) is 2. The minimum Gasteiger partial charge on any atom is -0.481 e. The van der Waals surface area contributed by atoms with Crippen molar-refractivity contribution in [2.24, 2.45) is 0 Å². The van der Waals surface area contributed by atoms with Crippen molar-refractivity contribution < 1.29 is 19.5 Å². The van der Waals surface area contributed by atoms with Crippen LogP contribution in [0.5, 0.6) is 0 Å². The molecule has 5 rings (SSSR count). The molecule has 4 aromatic rings. The largest absolute Gasteiger partial charge is 0.481 e. The average molecular weight is 512 g/mol. The van der Waals surface area contributed by atoms with E-state index in [0.717, 1.165) is 23.0 Å². The van der Waals surface area contributed by atoms with Crippen molar-refractivity contribution in [3.8, 4) is 0 Å². The summed E-state index contributed by atoms with van der Waals surface area (Å²) in [5.74, 6) is -0.901.